The summed E-state index contributed by atoms with van der Waals surface area (Å²) in [6.45, 7) is 6.42. The van der Waals surface area contributed by atoms with Crippen molar-refractivity contribution in [2.24, 2.45) is 0 Å². The van der Waals surface area contributed by atoms with Crippen LogP contribution in [-0.2, 0) is 0 Å². The van der Waals surface area contributed by atoms with Crippen LogP contribution in [0.2, 0.25) is 5.54 Å². The summed E-state index contributed by atoms with van der Waals surface area (Å²) in [4.78, 5) is 29.5. The zero-order valence-corrected chi connectivity index (χ0v) is 21.7. The fourth-order valence-electron chi connectivity index (χ4n) is 4.16. The molecule has 0 aromatic heterocycles. The molecule has 0 heterocycles. The zero-order chi connectivity index (χ0) is 21.3. The molecule has 0 saturated carbocycles. The Kier molecular flexibility index (Phi) is 20.7. The second-order valence-corrected chi connectivity index (χ2v) is 11.8. The van der Waals surface area contributed by atoms with Gasteiger partial charge in [0, 0.05) is 12.0 Å². The predicted molar refractivity (Wildman–Crippen MR) is 123 cm³/mol. The third-order valence-electron chi connectivity index (χ3n) is 6.12. The fraction of sp³-hybridized carbons (Fsp3) is 1.00. The summed E-state index contributed by atoms with van der Waals surface area (Å²) in [6, 6.07) is 0. The number of hydrogen-bond donors (Lipinski definition) is 3. The standard InChI is InChI=1S/C23H52NO3Si.ClH/c1-5-7-8-9-10-11-12-13-14-15-16-17-18-19-23(28(25,26)27)20-22-24(3,4)21-6-2;/h23,25-27H,5-22H2,1-4H3;1H/q+1;/p-1. The molecule has 0 amide bonds. The molecule has 1 atom stereocenters. The highest BCUT2D eigenvalue weighted by molar-refractivity contribution is 6.57. The van der Waals surface area contributed by atoms with Crippen molar-refractivity contribution in [3.05, 3.63) is 0 Å². The van der Waals surface area contributed by atoms with Crippen molar-refractivity contribution in [1.29, 1.82) is 0 Å². The third-order valence-corrected chi connectivity index (χ3v) is 7.79. The van der Waals surface area contributed by atoms with Crippen LogP contribution in [-0.4, -0.2) is 54.9 Å². The molecule has 0 aliphatic heterocycles. The Balaban J connectivity index is 0. The number of rotatable bonds is 20. The Morgan fingerprint density at radius 2 is 1.00 bits per heavy atom. The zero-order valence-electron chi connectivity index (χ0n) is 20.0. The Labute approximate surface area is 189 Å². The van der Waals surface area contributed by atoms with Crippen LogP contribution < -0.4 is 12.4 Å². The van der Waals surface area contributed by atoms with Crippen LogP contribution in [0.5, 0.6) is 0 Å². The molecule has 0 saturated heterocycles. The van der Waals surface area contributed by atoms with E-state index in [9.17, 15) is 14.4 Å². The minimum Gasteiger partial charge on any atom is -1.00 e. The van der Waals surface area contributed by atoms with Gasteiger partial charge in [0.2, 0.25) is 0 Å². The number of hydrogen-bond acceptors (Lipinski definition) is 3. The highest BCUT2D eigenvalue weighted by Crippen LogP contribution is 2.27. The second-order valence-electron chi connectivity index (χ2n) is 9.59. The van der Waals surface area contributed by atoms with Crippen molar-refractivity contribution in [1.82, 2.24) is 0 Å². The average molecular weight is 454 g/mol. The van der Waals surface area contributed by atoms with E-state index in [0.29, 0.717) is 6.42 Å². The maximum atomic E-state index is 9.84. The van der Waals surface area contributed by atoms with E-state index in [1.807, 2.05) is 0 Å². The normalized spacial score (nSPS) is 13.3. The topological polar surface area (TPSA) is 60.7 Å². The number of quaternary nitrogens is 1. The van der Waals surface area contributed by atoms with Crippen LogP contribution in [0.15, 0.2) is 0 Å². The summed E-state index contributed by atoms with van der Waals surface area (Å²) < 4.78 is 0.885. The van der Waals surface area contributed by atoms with E-state index in [2.05, 4.69) is 27.9 Å². The Morgan fingerprint density at radius 3 is 1.38 bits per heavy atom. The first-order valence-electron chi connectivity index (χ1n) is 12.2. The fourth-order valence-corrected chi connectivity index (χ4v) is 5.27. The van der Waals surface area contributed by atoms with Crippen LogP contribution in [0.4, 0.5) is 0 Å². The first kappa shape index (κ1) is 31.5. The molecule has 0 fully saturated rings. The van der Waals surface area contributed by atoms with Crippen molar-refractivity contribution >= 4 is 8.80 Å². The largest absolute Gasteiger partial charge is 1.00 e. The molecule has 6 heteroatoms. The van der Waals surface area contributed by atoms with E-state index < -0.39 is 8.80 Å². The predicted octanol–water partition coefficient (Wildman–Crippen LogP) is 2.63. The molecule has 0 aromatic rings. The molecule has 3 N–H and O–H groups in total. The molecule has 0 aliphatic rings. The smallest absolute Gasteiger partial charge is 0.496 e. The summed E-state index contributed by atoms with van der Waals surface area (Å²) in [5, 5.41) is 0. The monoisotopic (exact) mass is 453 g/mol. The van der Waals surface area contributed by atoms with E-state index >= 15 is 0 Å². The molecule has 4 nitrogen and oxygen atoms in total. The first-order valence-corrected chi connectivity index (χ1v) is 14.1. The van der Waals surface area contributed by atoms with Crippen LogP contribution >= 0.6 is 0 Å². The Bertz CT molecular complexity index is 352. The lowest BCUT2D eigenvalue weighted by atomic mass is 10.0. The van der Waals surface area contributed by atoms with Gasteiger partial charge >= 0.3 is 8.80 Å². The van der Waals surface area contributed by atoms with Gasteiger partial charge < -0.3 is 31.3 Å². The molecular weight excluding hydrogens is 402 g/mol. The van der Waals surface area contributed by atoms with Crippen molar-refractivity contribution < 1.29 is 31.3 Å². The summed E-state index contributed by atoms with van der Waals surface area (Å²) in [5.74, 6) is 0. The summed E-state index contributed by atoms with van der Waals surface area (Å²) >= 11 is 0. The van der Waals surface area contributed by atoms with E-state index in [4.69, 9.17) is 0 Å². The van der Waals surface area contributed by atoms with Gasteiger partial charge in [-0.15, -0.1) is 0 Å². The van der Waals surface area contributed by atoms with Gasteiger partial charge in [0.1, 0.15) is 0 Å². The first-order chi connectivity index (χ1) is 13.2. The van der Waals surface area contributed by atoms with Crippen molar-refractivity contribution in [3.63, 3.8) is 0 Å². The Hall–Kier alpha value is 0.347. The van der Waals surface area contributed by atoms with E-state index in [-0.39, 0.29) is 17.9 Å². The molecule has 0 aromatic carbocycles. The van der Waals surface area contributed by atoms with Gasteiger partial charge in [-0.2, -0.15) is 0 Å². The van der Waals surface area contributed by atoms with Gasteiger partial charge in [-0.3, -0.25) is 0 Å². The lowest BCUT2D eigenvalue weighted by Gasteiger charge is -2.32. The minimum absolute atomic E-state index is 0. The molecule has 178 valence electrons. The minimum atomic E-state index is -4.02. The van der Waals surface area contributed by atoms with Crippen molar-refractivity contribution in [2.45, 2.75) is 122 Å². The van der Waals surface area contributed by atoms with Crippen LogP contribution in [0.3, 0.4) is 0 Å². The maximum absolute atomic E-state index is 9.84. The van der Waals surface area contributed by atoms with Crippen LogP contribution in [0, 0.1) is 0 Å². The molecule has 0 bridgehead atoms. The molecular formula is C23H52ClNO3Si. The van der Waals surface area contributed by atoms with Gasteiger partial charge in [0.15, 0.2) is 0 Å². The number of nitrogens with zero attached hydrogens (tertiary/aromatic N) is 1. The van der Waals surface area contributed by atoms with Gasteiger partial charge in [-0.25, -0.2) is 0 Å². The van der Waals surface area contributed by atoms with E-state index in [1.165, 1.54) is 70.6 Å². The Morgan fingerprint density at radius 1 is 0.586 bits per heavy atom. The van der Waals surface area contributed by atoms with Gasteiger partial charge in [-0.05, 0) is 12.8 Å². The molecule has 1 unspecified atom stereocenters. The molecule has 29 heavy (non-hydrogen) atoms. The van der Waals surface area contributed by atoms with E-state index in [0.717, 1.165) is 43.3 Å². The lowest BCUT2D eigenvalue weighted by molar-refractivity contribution is -0.890. The molecule has 0 spiro atoms. The van der Waals surface area contributed by atoms with Crippen LogP contribution in [0.1, 0.15) is 117 Å². The second kappa shape index (κ2) is 19.1. The highest BCUT2D eigenvalue weighted by Gasteiger charge is 2.39. The van der Waals surface area contributed by atoms with Crippen LogP contribution in [0.25, 0.3) is 0 Å². The summed E-state index contributed by atoms with van der Waals surface area (Å²) in [5.41, 5.74) is -0.311. The van der Waals surface area contributed by atoms with Crippen molar-refractivity contribution in [3.8, 4) is 0 Å². The maximum Gasteiger partial charge on any atom is 0.496 e. The van der Waals surface area contributed by atoms with Gasteiger partial charge in [0.05, 0.1) is 27.2 Å². The highest BCUT2D eigenvalue weighted by atomic mass is 35.5. The molecule has 0 aliphatic carbocycles. The number of unbranched alkanes of at least 4 members (excludes halogenated alkanes) is 12. The average Bonchev–Trinajstić information content (AvgIpc) is 2.60. The SMILES string of the molecule is CCCCCCCCCCCCCCCC(CC[N+](C)(C)CCC)[Si](O)(O)O.[Cl-]. The third kappa shape index (κ3) is 20.0. The lowest BCUT2D eigenvalue weighted by Crippen LogP contribution is -3.00. The quantitative estimate of drug-likeness (QED) is 0.151. The molecule has 0 radical (unpaired) electrons. The molecule has 0 rings (SSSR count). The van der Waals surface area contributed by atoms with Gasteiger partial charge in [-0.1, -0.05) is 97.3 Å². The van der Waals surface area contributed by atoms with Crippen molar-refractivity contribution in [2.75, 3.05) is 27.2 Å². The summed E-state index contributed by atoms with van der Waals surface area (Å²) in [7, 11) is 0.341. The summed E-state index contributed by atoms with van der Waals surface area (Å²) in [6.07, 6.45) is 19.7. The van der Waals surface area contributed by atoms with Gasteiger partial charge in [0.25, 0.3) is 0 Å². The number of halogens is 1. The van der Waals surface area contributed by atoms with E-state index in [1.54, 1.807) is 0 Å².